The number of likely N-dealkylation sites (tertiary alicyclic amines) is 1. The zero-order valence-corrected chi connectivity index (χ0v) is 26.7. The molecule has 2 atom stereocenters. The Bertz CT molecular complexity index is 1190. The van der Waals surface area contributed by atoms with Gasteiger partial charge in [-0.1, -0.05) is 51.7 Å². The number of nitrogens with zero attached hydrogens (tertiary/aromatic N) is 2. The van der Waals surface area contributed by atoms with Gasteiger partial charge in [0.15, 0.2) is 5.78 Å². The maximum Gasteiger partial charge on any atom is 0.224 e. The van der Waals surface area contributed by atoms with Gasteiger partial charge in [0, 0.05) is 38.3 Å². The standard InChI is InChI=1S/C35H51N3O3S/c1-3-12-30(40)24-28(25-34-36-32-18-16-26(4-2)23-33(32)42-34)35(41)37-31(27-13-7-5-8-14-27)19-17-29(39)15-11-22-38-20-9-6-10-21-38/h11,15-16,18,23,27-28,31H,3-10,12-14,17,19-22,24-25H2,1-2H3,(H,37,41)/b15-11+/t28-,31+/m0/s1. The molecule has 4 rings (SSSR count). The van der Waals surface area contributed by atoms with Crippen LogP contribution < -0.4 is 5.32 Å². The quantitative estimate of drug-likeness (QED) is 0.208. The van der Waals surface area contributed by atoms with Crippen molar-refractivity contribution in [2.75, 3.05) is 19.6 Å². The Morgan fingerprint density at radius 3 is 2.55 bits per heavy atom. The maximum atomic E-state index is 13.9. The molecule has 1 amide bonds. The molecule has 2 heterocycles. The van der Waals surface area contributed by atoms with Gasteiger partial charge in [-0.3, -0.25) is 19.3 Å². The van der Waals surface area contributed by atoms with Gasteiger partial charge in [-0.25, -0.2) is 4.98 Å². The van der Waals surface area contributed by atoms with E-state index >= 15 is 0 Å². The Balaban J connectivity index is 1.42. The van der Waals surface area contributed by atoms with Crippen molar-refractivity contribution in [1.82, 2.24) is 15.2 Å². The second kappa shape index (κ2) is 17.0. The van der Waals surface area contributed by atoms with Gasteiger partial charge in [0.05, 0.1) is 21.1 Å². The van der Waals surface area contributed by atoms with Crippen LogP contribution >= 0.6 is 11.3 Å². The van der Waals surface area contributed by atoms with Gasteiger partial charge in [-0.05, 0) is 87.7 Å². The van der Waals surface area contributed by atoms with Crippen LogP contribution in [-0.4, -0.2) is 53.0 Å². The number of aryl methyl sites for hydroxylation is 1. The number of rotatable bonds is 16. The van der Waals surface area contributed by atoms with E-state index in [0.717, 1.165) is 60.5 Å². The molecule has 1 N–H and O–H groups in total. The zero-order chi connectivity index (χ0) is 29.7. The van der Waals surface area contributed by atoms with Crippen LogP contribution in [0.5, 0.6) is 0 Å². The highest BCUT2D eigenvalue weighted by Crippen LogP contribution is 2.30. The van der Waals surface area contributed by atoms with Crippen LogP contribution in [-0.2, 0) is 27.2 Å². The minimum Gasteiger partial charge on any atom is -0.353 e. The molecule has 1 aromatic heterocycles. The third kappa shape index (κ3) is 10.1. The van der Waals surface area contributed by atoms with Crippen LogP contribution in [0.15, 0.2) is 30.4 Å². The molecule has 6 nitrogen and oxygen atoms in total. The molecule has 0 radical (unpaired) electrons. The molecule has 1 saturated carbocycles. The lowest BCUT2D eigenvalue weighted by Gasteiger charge is -2.32. The van der Waals surface area contributed by atoms with Gasteiger partial charge in [0.1, 0.15) is 5.78 Å². The van der Waals surface area contributed by atoms with Gasteiger partial charge in [0.2, 0.25) is 5.91 Å². The fraction of sp³-hybridized carbons (Fsp3) is 0.657. The first-order valence-corrected chi connectivity index (χ1v) is 17.4. The summed E-state index contributed by atoms with van der Waals surface area (Å²) in [4.78, 5) is 46.7. The largest absolute Gasteiger partial charge is 0.353 e. The number of Topliss-reactive ketones (excluding diaryl/α,β-unsaturated/α-hetero) is 1. The summed E-state index contributed by atoms with van der Waals surface area (Å²) in [7, 11) is 0. The molecule has 1 aromatic carbocycles. The number of benzene rings is 1. The Morgan fingerprint density at radius 1 is 1.05 bits per heavy atom. The number of amides is 1. The van der Waals surface area contributed by atoms with Crippen molar-refractivity contribution in [3.05, 3.63) is 40.9 Å². The molecule has 42 heavy (non-hydrogen) atoms. The van der Waals surface area contributed by atoms with Gasteiger partial charge in [-0.15, -0.1) is 11.3 Å². The van der Waals surface area contributed by atoms with E-state index in [0.29, 0.717) is 31.6 Å². The predicted molar refractivity (Wildman–Crippen MR) is 173 cm³/mol. The van der Waals surface area contributed by atoms with Gasteiger partial charge in [-0.2, -0.15) is 0 Å². The second-order valence-electron chi connectivity index (χ2n) is 12.4. The Labute approximate surface area is 256 Å². The Morgan fingerprint density at radius 2 is 1.81 bits per heavy atom. The van der Waals surface area contributed by atoms with Crippen molar-refractivity contribution in [3.63, 3.8) is 0 Å². The average molecular weight is 594 g/mol. The predicted octanol–water partition coefficient (Wildman–Crippen LogP) is 7.23. The van der Waals surface area contributed by atoms with E-state index in [4.69, 9.17) is 4.98 Å². The molecule has 230 valence electrons. The van der Waals surface area contributed by atoms with Gasteiger partial charge < -0.3 is 5.32 Å². The zero-order valence-electron chi connectivity index (χ0n) is 25.9. The molecule has 1 aliphatic carbocycles. The Kier molecular flexibility index (Phi) is 13.2. The fourth-order valence-electron chi connectivity index (χ4n) is 6.57. The van der Waals surface area contributed by atoms with E-state index in [1.165, 1.54) is 44.1 Å². The summed E-state index contributed by atoms with van der Waals surface area (Å²) < 4.78 is 1.13. The van der Waals surface area contributed by atoms with Gasteiger partial charge in [0.25, 0.3) is 0 Å². The van der Waals surface area contributed by atoms with Crippen LogP contribution in [0.3, 0.4) is 0 Å². The van der Waals surface area contributed by atoms with E-state index in [2.05, 4.69) is 35.3 Å². The number of ketones is 2. The fourth-order valence-corrected chi connectivity index (χ4v) is 7.68. The number of aromatic nitrogens is 1. The molecule has 7 heteroatoms. The topological polar surface area (TPSA) is 79.4 Å². The molecule has 1 aliphatic heterocycles. The van der Waals surface area contributed by atoms with Crippen molar-refractivity contribution in [3.8, 4) is 0 Å². The van der Waals surface area contributed by atoms with Crippen LogP contribution in [0, 0.1) is 11.8 Å². The number of hydrogen-bond donors (Lipinski definition) is 1. The first-order chi connectivity index (χ1) is 20.4. The Hall–Kier alpha value is -2.38. The average Bonchev–Trinajstić information content (AvgIpc) is 3.41. The second-order valence-corrected chi connectivity index (χ2v) is 13.6. The lowest BCUT2D eigenvalue weighted by Crippen LogP contribution is -2.45. The third-order valence-corrected chi connectivity index (χ3v) is 10.1. The van der Waals surface area contributed by atoms with Crippen molar-refractivity contribution in [2.24, 2.45) is 11.8 Å². The lowest BCUT2D eigenvalue weighted by atomic mass is 9.81. The number of hydrogen-bond acceptors (Lipinski definition) is 6. The molecule has 2 fully saturated rings. The van der Waals surface area contributed by atoms with E-state index in [1.807, 2.05) is 13.0 Å². The minimum atomic E-state index is -0.443. The molecule has 1 saturated heterocycles. The highest BCUT2D eigenvalue weighted by Gasteiger charge is 2.30. The highest BCUT2D eigenvalue weighted by molar-refractivity contribution is 7.18. The van der Waals surface area contributed by atoms with Crippen LogP contribution in [0.25, 0.3) is 10.2 Å². The third-order valence-electron chi connectivity index (χ3n) is 9.06. The summed E-state index contributed by atoms with van der Waals surface area (Å²) in [5.74, 6) is 0.153. The van der Waals surface area contributed by atoms with Crippen LogP contribution in [0.1, 0.15) is 108 Å². The first kappa shape index (κ1) is 32.5. The number of carbonyl (C=O) groups is 3. The van der Waals surface area contributed by atoms with Crippen molar-refractivity contribution in [1.29, 1.82) is 0 Å². The molecule has 0 unspecified atom stereocenters. The van der Waals surface area contributed by atoms with E-state index in [-0.39, 0.29) is 29.9 Å². The van der Waals surface area contributed by atoms with Crippen LogP contribution in [0.2, 0.25) is 0 Å². The summed E-state index contributed by atoms with van der Waals surface area (Å²) in [6, 6.07) is 6.32. The molecule has 0 bridgehead atoms. The summed E-state index contributed by atoms with van der Waals surface area (Å²) in [5.41, 5.74) is 2.23. The summed E-state index contributed by atoms with van der Waals surface area (Å²) in [6.45, 7) is 7.22. The van der Waals surface area contributed by atoms with Crippen LogP contribution in [0.4, 0.5) is 0 Å². The molecular weight excluding hydrogens is 542 g/mol. The number of carbonyl (C=O) groups excluding carboxylic acids is 3. The smallest absolute Gasteiger partial charge is 0.224 e. The van der Waals surface area contributed by atoms with Gasteiger partial charge >= 0.3 is 0 Å². The lowest BCUT2D eigenvalue weighted by molar-refractivity contribution is -0.130. The summed E-state index contributed by atoms with van der Waals surface area (Å²) in [5, 5.41) is 4.28. The van der Waals surface area contributed by atoms with Crippen molar-refractivity contribution in [2.45, 2.75) is 116 Å². The van der Waals surface area contributed by atoms with E-state index < -0.39 is 5.92 Å². The minimum absolute atomic E-state index is 0.0384. The number of piperidine rings is 1. The SMILES string of the molecule is CCCC(=O)C[C@@H](Cc1nc2ccc(CC)cc2s1)C(=O)N[C@H](CCC(=O)/C=C/CN1CCCCC1)C1CCCCC1. The number of thiazole rings is 1. The molecular formula is C35H51N3O3S. The summed E-state index contributed by atoms with van der Waals surface area (Å²) >= 11 is 1.63. The number of fused-ring (bicyclic) bond motifs is 1. The maximum absolute atomic E-state index is 13.9. The molecule has 2 aliphatic rings. The number of allylic oxidation sites excluding steroid dienone is 1. The van der Waals surface area contributed by atoms with Crippen molar-refractivity contribution >= 4 is 39.0 Å². The molecule has 0 spiro atoms. The first-order valence-electron chi connectivity index (χ1n) is 16.6. The molecule has 2 aromatic rings. The highest BCUT2D eigenvalue weighted by atomic mass is 32.1. The normalized spacial score (nSPS) is 18.3. The van der Waals surface area contributed by atoms with E-state index in [1.54, 1.807) is 17.4 Å². The number of nitrogens with one attached hydrogen (secondary N) is 1. The summed E-state index contributed by atoms with van der Waals surface area (Å²) in [6.07, 6.45) is 17.4. The monoisotopic (exact) mass is 593 g/mol. The van der Waals surface area contributed by atoms with Crippen molar-refractivity contribution < 1.29 is 14.4 Å². The van der Waals surface area contributed by atoms with E-state index in [9.17, 15) is 14.4 Å².